The van der Waals surface area contributed by atoms with Crippen LogP contribution in [0, 0.1) is 0 Å². The highest BCUT2D eigenvalue weighted by atomic mass is 16.3. The van der Waals surface area contributed by atoms with Crippen LogP contribution in [-0.4, -0.2) is 27.4 Å². The first kappa shape index (κ1) is 13.1. The van der Waals surface area contributed by atoms with Gasteiger partial charge in [0, 0.05) is 11.6 Å². The molecule has 0 aliphatic heterocycles. The van der Waals surface area contributed by atoms with Gasteiger partial charge in [0.05, 0.1) is 11.8 Å². The molecule has 0 unspecified atom stereocenters. The third-order valence-electron chi connectivity index (χ3n) is 3.78. The number of hydrogen-bond donors (Lipinski definition) is 2. The van der Waals surface area contributed by atoms with Gasteiger partial charge in [-0.05, 0) is 37.8 Å². The number of nitrogens with one attached hydrogen (secondary N) is 1. The first-order valence-electron chi connectivity index (χ1n) is 7.15. The molecule has 104 valence electrons. The van der Waals surface area contributed by atoms with Crippen LogP contribution in [0.4, 0.5) is 5.82 Å². The van der Waals surface area contributed by atoms with Crippen molar-refractivity contribution < 1.29 is 5.11 Å². The fraction of sp³-hybridized carbons (Fsp3) is 0.375. The molecular formula is C16H19N3O. The Hall–Kier alpha value is -1.94. The van der Waals surface area contributed by atoms with Crippen molar-refractivity contribution in [3.8, 4) is 11.3 Å². The van der Waals surface area contributed by atoms with Gasteiger partial charge in [0.2, 0.25) is 0 Å². The molecule has 0 amide bonds. The van der Waals surface area contributed by atoms with E-state index in [9.17, 15) is 5.11 Å². The van der Waals surface area contributed by atoms with E-state index in [1.165, 1.54) is 0 Å². The standard InChI is InChI=1S/C16H19N3O/c20-14-8-6-13(7-9-14)17-16-11-10-15(18-19-16)12-4-2-1-3-5-12/h1-5,10-11,13-14,20H,6-9H2,(H,17,19). The van der Waals surface area contributed by atoms with Crippen LogP contribution in [0.15, 0.2) is 42.5 Å². The van der Waals surface area contributed by atoms with Gasteiger partial charge in [0.1, 0.15) is 5.82 Å². The van der Waals surface area contributed by atoms with Crippen LogP contribution in [0.2, 0.25) is 0 Å². The Kier molecular flexibility index (Phi) is 3.92. The second kappa shape index (κ2) is 6.01. The summed E-state index contributed by atoms with van der Waals surface area (Å²) in [6.45, 7) is 0. The number of rotatable bonds is 3. The van der Waals surface area contributed by atoms with Crippen molar-refractivity contribution in [2.24, 2.45) is 0 Å². The monoisotopic (exact) mass is 269 g/mol. The molecule has 1 fully saturated rings. The van der Waals surface area contributed by atoms with Gasteiger partial charge in [-0.2, -0.15) is 0 Å². The topological polar surface area (TPSA) is 58.0 Å². The Morgan fingerprint density at radius 1 is 0.900 bits per heavy atom. The van der Waals surface area contributed by atoms with Gasteiger partial charge in [-0.1, -0.05) is 30.3 Å². The highest BCUT2D eigenvalue weighted by Gasteiger charge is 2.19. The highest BCUT2D eigenvalue weighted by Crippen LogP contribution is 2.22. The maximum atomic E-state index is 9.50. The van der Waals surface area contributed by atoms with Crippen molar-refractivity contribution in [2.75, 3.05) is 5.32 Å². The average molecular weight is 269 g/mol. The molecule has 0 atom stereocenters. The predicted molar refractivity (Wildman–Crippen MR) is 79.4 cm³/mol. The molecule has 2 aromatic rings. The first-order valence-corrected chi connectivity index (χ1v) is 7.15. The Labute approximate surface area is 118 Å². The molecule has 1 aromatic heterocycles. The molecule has 1 aliphatic rings. The maximum Gasteiger partial charge on any atom is 0.148 e. The molecule has 1 aromatic carbocycles. The Bertz CT molecular complexity index is 533. The zero-order valence-corrected chi connectivity index (χ0v) is 11.4. The zero-order chi connectivity index (χ0) is 13.8. The Morgan fingerprint density at radius 3 is 2.30 bits per heavy atom. The normalized spacial score (nSPS) is 22.4. The minimum Gasteiger partial charge on any atom is -0.393 e. The van der Waals surface area contributed by atoms with E-state index in [4.69, 9.17) is 0 Å². The Balaban J connectivity index is 1.65. The van der Waals surface area contributed by atoms with Gasteiger partial charge < -0.3 is 10.4 Å². The summed E-state index contributed by atoms with van der Waals surface area (Å²) in [6.07, 6.45) is 3.59. The molecule has 4 nitrogen and oxygen atoms in total. The molecule has 2 N–H and O–H groups in total. The molecule has 1 saturated carbocycles. The Morgan fingerprint density at radius 2 is 1.65 bits per heavy atom. The minimum absolute atomic E-state index is 0.125. The molecule has 1 heterocycles. The van der Waals surface area contributed by atoms with E-state index in [0.29, 0.717) is 6.04 Å². The number of anilines is 1. The highest BCUT2D eigenvalue weighted by molar-refractivity contribution is 5.59. The largest absolute Gasteiger partial charge is 0.393 e. The van der Waals surface area contributed by atoms with Gasteiger partial charge in [-0.3, -0.25) is 0 Å². The summed E-state index contributed by atoms with van der Waals surface area (Å²) in [4.78, 5) is 0. The molecule has 0 bridgehead atoms. The predicted octanol–water partition coefficient (Wildman–Crippen LogP) is 2.86. The van der Waals surface area contributed by atoms with Crippen molar-refractivity contribution >= 4 is 5.82 Å². The van der Waals surface area contributed by atoms with Crippen LogP contribution in [0.1, 0.15) is 25.7 Å². The quantitative estimate of drug-likeness (QED) is 0.899. The molecule has 0 spiro atoms. The second-order valence-electron chi connectivity index (χ2n) is 5.32. The van der Waals surface area contributed by atoms with E-state index < -0.39 is 0 Å². The van der Waals surface area contributed by atoms with Crippen molar-refractivity contribution in [2.45, 2.75) is 37.8 Å². The summed E-state index contributed by atoms with van der Waals surface area (Å²) in [5, 5.41) is 21.4. The van der Waals surface area contributed by atoms with Crippen LogP contribution in [0.5, 0.6) is 0 Å². The fourth-order valence-electron chi connectivity index (χ4n) is 2.60. The summed E-state index contributed by atoms with van der Waals surface area (Å²) in [5.41, 5.74) is 1.96. The van der Waals surface area contributed by atoms with Gasteiger partial charge in [-0.15, -0.1) is 10.2 Å². The summed E-state index contributed by atoms with van der Waals surface area (Å²) >= 11 is 0. The van der Waals surface area contributed by atoms with Crippen molar-refractivity contribution in [3.05, 3.63) is 42.5 Å². The van der Waals surface area contributed by atoms with E-state index in [-0.39, 0.29) is 6.10 Å². The molecule has 0 saturated heterocycles. The number of nitrogens with zero attached hydrogens (tertiary/aromatic N) is 2. The van der Waals surface area contributed by atoms with E-state index in [1.807, 2.05) is 42.5 Å². The zero-order valence-electron chi connectivity index (χ0n) is 11.4. The number of aliphatic hydroxyl groups excluding tert-OH is 1. The summed E-state index contributed by atoms with van der Waals surface area (Å²) < 4.78 is 0. The van der Waals surface area contributed by atoms with E-state index >= 15 is 0 Å². The lowest BCUT2D eigenvalue weighted by Crippen LogP contribution is -2.28. The van der Waals surface area contributed by atoms with Crippen molar-refractivity contribution in [1.82, 2.24) is 10.2 Å². The SMILES string of the molecule is OC1CCC(Nc2ccc(-c3ccccc3)nn2)CC1. The molecule has 20 heavy (non-hydrogen) atoms. The second-order valence-corrected chi connectivity index (χ2v) is 5.32. The number of benzene rings is 1. The lowest BCUT2D eigenvalue weighted by molar-refractivity contribution is 0.126. The first-order chi connectivity index (χ1) is 9.81. The summed E-state index contributed by atoms with van der Waals surface area (Å²) in [7, 11) is 0. The number of hydrogen-bond acceptors (Lipinski definition) is 4. The van der Waals surface area contributed by atoms with Gasteiger partial charge in [0.15, 0.2) is 0 Å². The lowest BCUT2D eigenvalue weighted by atomic mass is 9.93. The van der Waals surface area contributed by atoms with Crippen LogP contribution < -0.4 is 5.32 Å². The summed E-state index contributed by atoms with van der Waals surface area (Å²) in [6, 6.07) is 14.4. The third-order valence-corrected chi connectivity index (χ3v) is 3.78. The van der Waals surface area contributed by atoms with Crippen LogP contribution in [-0.2, 0) is 0 Å². The lowest BCUT2D eigenvalue weighted by Gasteiger charge is -2.26. The van der Waals surface area contributed by atoms with Crippen LogP contribution >= 0.6 is 0 Å². The molecule has 4 heteroatoms. The molecule has 1 aliphatic carbocycles. The van der Waals surface area contributed by atoms with E-state index in [2.05, 4.69) is 15.5 Å². The van der Waals surface area contributed by atoms with Crippen molar-refractivity contribution in [3.63, 3.8) is 0 Å². The smallest absolute Gasteiger partial charge is 0.148 e. The van der Waals surface area contributed by atoms with Crippen LogP contribution in [0.25, 0.3) is 11.3 Å². The van der Waals surface area contributed by atoms with Gasteiger partial charge >= 0.3 is 0 Å². The summed E-state index contributed by atoms with van der Waals surface area (Å²) in [5.74, 6) is 0.811. The van der Waals surface area contributed by atoms with E-state index in [0.717, 1.165) is 42.8 Å². The average Bonchev–Trinajstić information content (AvgIpc) is 2.51. The van der Waals surface area contributed by atoms with Gasteiger partial charge in [-0.25, -0.2) is 0 Å². The number of aromatic nitrogens is 2. The van der Waals surface area contributed by atoms with Gasteiger partial charge in [0.25, 0.3) is 0 Å². The van der Waals surface area contributed by atoms with Crippen LogP contribution in [0.3, 0.4) is 0 Å². The molecule has 3 rings (SSSR count). The van der Waals surface area contributed by atoms with Crippen molar-refractivity contribution in [1.29, 1.82) is 0 Å². The molecular weight excluding hydrogens is 250 g/mol. The number of aliphatic hydroxyl groups is 1. The minimum atomic E-state index is -0.125. The molecule has 0 radical (unpaired) electrons. The van der Waals surface area contributed by atoms with E-state index in [1.54, 1.807) is 0 Å². The third kappa shape index (κ3) is 3.14. The fourth-order valence-corrected chi connectivity index (χ4v) is 2.60. The maximum absolute atomic E-state index is 9.50.